The fraction of sp³-hybridized carbons (Fsp3) is 0.125. The Hall–Kier alpha value is -0.470. The molecular weight excluding hydrogens is 178 g/mol. The summed E-state index contributed by atoms with van der Waals surface area (Å²) in [6.07, 6.45) is 0.782. The molecule has 11 heavy (non-hydrogen) atoms. The van der Waals surface area contributed by atoms with Crippen molar-refractivity contribution in [1.82, 2.24) is 0 Å². The maximum Gasteiger partial charge on any atom is 0.119 e. The van der Waals surface area contributed by atoms with Crippen LogP contribution in [0.25, 0.3) is 0 Å². The lowest BCUT2D eigenvalue weighted by molar-refractivity contribution is 1.21. The highest BCUT2D eigenvalue weighted by Crippen LogP contribution is 2.29. The van der Waals surface area contributed by atoms with E-state index in [1.807, 2.05) is 12.1 Å². The Labute approximate surface area is 74.6 Å². The molecule has 1 aliphatic heterocycles. The molecule has 0 atom stereocenters. The Morgan fingerprint density at radius 2 is 2.18 bits per heavy atom. The first-order valence-corrected chi connectivity index (χ1v) is 4.49. The van der Waals surface area contributed by atoms with Crippen LogP contribution in [-0.4, -0.2) is 5.17 Å². The third kappa shape index (κ3) is 1.42. The second-order valence-electron chi connectivity index (χ2n) is 2.34. The highest BCUT2D eigenvalue weighted by Gasteiger charge is 2.09. The van der Waals surface area contributed by atoms with E-state index in [-0.39, 0.29) is 0 Å². The van der Waals surface area contributed by atoms with Crippen LogP contribution in [0.5, 0.6) is 0 Å². The third-order valence-electron chi connectivity index (χ3n) is 1.55. The minimum atomic E-state index is 0.689. The van der Waals surface area contributed by atoms with Gasteiger partial charge in [0.25, 0.3) is 0 Å². The van der Waals surface area contributed by atoms with Crippen molar-refractivity contribution in [2.75, 3.05) is 0 Å². The van der Waals surface area contributed by atoms with E-state index in [1.54, 1.807) is 0 Å². The fourth-order valence-corrected chi connectivity index (χ4v) is 1.93. The molecule has 0 bridgehead atoms. The smallest absolute Gasteiger partial charge is 0.119 e. The Morgan fingerprint density at radius 1 is 1.36 bits per heavy atom. The molecule has 1 heterocycles. The van der Waals surface area contributed by atoms with Crippen molar-refractivity contribution in [3.8, 4) is 0 Å². The zero-order chi connectivity index (χ0) is 7.68. The fourth-order valence-electron chi connectivity index (χ4n) is 1.03. The molecule has 0 aliphatic carbocycles. The van der Waals surface area contributed by atoms with Crippen LogP contribution in [-0.2, 0) is 6.42 Å². The number of halogens is 1. The number of hydrogen-bond donors (Lipinski definition) is 0. The number of rotatable bonds is 0. The average molecular weight is 184 g/mol. The van der Waals surface area contributed by atoms with Crippen LogP contribution in [0.1, 0.15) is 5.56 Å². The van der Waals surface area contributed by atoms with Gasteiger partial charge in [0.15, 0.2) is 0 Å². The summed E-state index contributed by atoms with van der Waals surface area (Å²) in [5.41, 5.74) is 1.28. The topological polar surface area (TPSA) is 12.4 Å². The van der Waals surface area contributed by atoms with Crippen molar-refractivity contribution in [1.29, 1.82) is 0 Å². The summed E-state index contributed by atoms with van der Waals surface area (Å²) in [5, 5.41) is 0.689. The van der Waals surface area contributed by atoms with Crippen LogP contribution in [0.3, 0.4) is 0 Å². The molecule has 0 fully saturated rings. The summed E-state index contributed by atoms with van der Waals surface area (Å²) in [5.74, 6) is 0. The lowest BCUT2D eigenvalue weighted by Crippen LogP contribution is -1.99. The number of nitrogens with zero attached hydrogens (tertiary/aromatic N) is 1. The molecule has 1 nitrogen and oxygen atoms in total. The molecule has 1 aromatic rings. The predicted molar refractivity (Wildman–Crippen MR) is 49.3 cm³/mol. The standard InChI is InChI=1S/C8H6ClNS/c9-8-5-6-3-1-2-4-7(6)11-10-8/h1-4H,5H2. The second kappa shape index (κ2) is 2.88. The first-order valence-electron chi connectivity index (χ1n) is 3.33. The zero-order valence-electron chi connectivity index (χ0n) is 5.75. The van der Waals surface area contributed by atoms with Crippen LogP contribution in [0.2, 0.25) is 0 Å². The van der Waals surface area contributed by atoms with E-state index in [9.17, 15) is 0 Å². The minimum Gasteiger partial charge on any atom is -0.203 e. The molecular formula is C8H6ClNS. The van der Waals surface area contributed by atoms with Crippen LogP contribution in [0, 0.1) is 0 Å². The number of hydrogen-bond acceptors (Lipinski definition) is 2. The Balaban J connectivity index is 2.42. The van der Waals surface area contributed by atoms with Gasteiger partial charge >= 0.3 is 0 Å². The maximum absolute atomic E-state index is 5.77. The Bertz CT molecular complexity index is 309. The van der Waals surface area contributed by atoms with Gasteiger partial charge in [0.1, 0.15) is 5.17 Å². The summed E-state index contributed by atoms with van der Waals surface area (Å²) < 4.78 is 4.07. The van der Waals surface area contributed by atoms with Gasteiger partial charge in [0, 0.05) is 23.3 Å². The molecule has 0 aromatic heterocycles. The Kier molecular flexibility index (Phi) is 1.88. The van der Waals surface area contributed by atoms with Gasteiger partial charge in [-0.2, -0.15) is 0 Å². The molecule has 0 amide bonds. The molecule has 2 rings (SSSR count). The first-order chi connectivity index (χ1) is 5.36. The van der Waals surface area contributed by atoms with Crippen molar-refractivity contribution >= 4 is 28.7 Å². The lowest BCUT2D eigenvalue weighted by Gasteiger charge is -2.09. The molecule has 3 heteroatoms. The van der Waals surface area contributed by atoms with Crippen LogP contribution >= 0.6 is 23.5 Å². The summed E-state index contributed by atoms with van der Waals surface area (Å²) in [7, 11) is 0. The first kappa shape index (κ1) is 7.19. The van der Waals surface area contributed by atoms with Crippen molar-refractivity contribution in [3.05, 3.63) is 29.8 Å². The maximum atomic E-state index is 5.77. The predicted octanol–water partition coefficient (Wildman–Crippen LogP) is 2.89. The van der Waals surface area contributed by atoms with Gasteiger partial charge in [-0.05, 0) is 11.6 Å². The molecule has 0 saturated heterocycles. The highest BCUT2D eigenvalue weighted by molar-refractivity contribution is 7.98. The quantitative estimate of drug-likeness (QED) is 0.564. The average Bonchev–Trinajstić information content (AvgIpc) is 2.04. The summed E-state index contributed by atoms with van der Waals surface area (Å²) in [6.45, 7) is 0. The summed E-state index contributed by atoms with van der Waals surface area (Å²) >= 11 is 7.23. The van der Waals surface area contributed by atoms with Gasteiger partial charge in [-0.3, -0.25) is 0 Å². The van der Waals surface area contributed by atoms with Gasteiger partial charge in [-0.15, -0.1) is 0 Å². The van der Waals surface area contributed by atoms with E-state index in [1.165, 1.54) is 22.4 Å². The van der Waals surface area contributed by atoms with Gasteiger partial charge < -0.3 is 0 Å². The number of fused-ring (bicyclic) bond motifs is 1. The molecule has 0 spiro atoms. The van der Waals surface area contributed by atoms with E-state index in [0.717, 1.165) is 6.42 Å². The largest absolute Gasteiger partial charge is 0.203 e. The van der Waals surface area contributed by atoms with Crippen molar-refractivity contribution < 1.29 is 0 Å². The SMILES string of the molecule is ClC1=NSc2ccccc2C1. The van der Waals surface area contributed by atoms with Gasteiger partial charge in [-0.25, -0.2) is 4.40 Å². The van der Waals surface area contributed by atoms with Gasteiger partial charge in [-0.1, -0.05) is 29.8 Å². The van der Waals surface area contributed by atoms with Crippen molar-refractivity contribution in [2.45, 2.75) is 11.3 Å². The van der Waals surface area contributed by atoms with Crippen LogP contribution in [0.15, 0.2) is 33.6 Å². The van der Waals surface area contributed by atoms with Crippen molar-refractivity contribution in [3.63, 3.8) is 0 Å². The molecule has 0 saturated carbocycles. The number of benzene rings is 1. The van der Waals surface area contributed by atoms with Gasteiger partial charge in [0.05, 0.1) is 0 Å². The normalized spacial score (nSPS) is 15.5. The molecule has 56 valence electrons. The van der Waals surface area contributed by atoms with Gasteiger partial charge in [0.2, 0.25) is 0 Å². The minimum absolute atomic E-state index is 0.689. The molecule has 0 N–H and O–H groups in total. The zero-order valence-corrected chi connectivity index (χ0v) is 7.32. The molecule has 1 aliphatic rings. The van der Waals surface area contributed by atoms with E-state index >= 15 is 0 Å². The molecule has 0 unspecified atom stereocenters. The third-order valence-corrected chi connectivity index (χ3v) is 2.78. The van der Waals surface area contributed by atoms with Crippen LogP contribution in [0.4, 0.5) is 0 Å². The van der Waals surface area contributed by atoms with E-state index in [4.69, 9.17) is 11.6 Å². The highest BCUT2D eigenvalue weighted by atomic mass is 35.5. The van der Waals surface area contributed by atoms with E-state index in [2.05, 4.69) is 16.5 Å². The monoisotopic (exact) mass is 183 g/mol. The van der Waals surface area contributed by atoms with E-state index in [0.29, 0.717) is 5.17 Å². The lowest BCUT2D eigenvalue weighted by atomic mass is 10.2. The summed E-state index contributed by atoms with van der Waals surface area (Å²) in [6, 6.07) is 8.18. The van der Waals surface area contributed by atoms with E-state index < -0.39 is 0 Å². The van der Waals surface area contributed by atoms with Crippen molar-refractivity contribution in [2.24, 2.45) is 4.40 Å². The Morgan fingerprint density at radius 3 is 3.09 bits per heavy atom. The van der Waals surface area contributed by atoms with Crippen LogP contribution < -0.4 is 0 Å². The summed E-state index contributed by atoms with van der Waals surface area (Å²) in [4.78, 5) is 1.22. The molecule has 0 radical (unpaired) electrons. The second-order valence-corrected chi connectivity index (χ2v) is 3.58. The molecule has 1 aromatic carbocycles.